The Balaban J connectivity index is 1.81. The van der Waals surface area contributed by atoms with E-state index in [2.05, 4.69) is 5.32 Å². The van der Waals surface area contributed by atoms with E-state index in [1.165, 1.54) is 36.2 Å². The first-order valence-corrected chi connectivity index (χ1v) is 15.4. The Labute approximate surface area is 256 Å². The second-order valence-electron chi connectivity index (χ2n) is 9.72. The zero-order chi connectivity index (χ0) is 30.3. The lowest BCUT2D eigenvalue weighted by atomic mass is 10.0. The molecule has 42 heavy (non-hydrogen) atoms. The number of sulfonamides is 1. The molecule has 7 nitrogen and oxygen atoms in total. The number of aryl methyl sites for hydroxylation is 1. The lowest BCUT2D eigenvalue weighted by molar-refractivity contribution is -0.139. The minimum atomic E-state index is -4.28. The molecular weight excluding hydrogens is 593 g/mol. The SMILES string of the molecule is CNC(=O)C(Cc1ccccc1)N(Cc1ccccc1)C(=O)CN(c1cccc(Cl)c1Cl)S(=O)(=O)c1ccc(C)cc1. The number of carbonyl (C=O) groups is 2. The average molecular weight is 625 g/mol. The summed E-state index contributed by atoms with van der Waals surface area (Å²) in [6, 6.07) is 28.5. The third-order valence-corrected chi connectivity index (χ3v) is 9.38. The van der Waals surface area contributed by atoms with E-state index in [1.54, 1.807) is 18.2 Å². The van der Waals surface area contributed by atoms with Crippen LogP contribution in [0.25, 0.3) is 0 Å². The molecule has 1 atom stereocenters. The van der Waals surface area contributed by atoms with Crippen LogP contribution in [0, 0.1) is 6.92 Å². The van der Waals surface area contributed by atoms with Crippen LogP contribution in [0.3, 0.4) is 0 Å². The van der Waals surface area contributed by atoms with Crippen LogP contribution in [-0.2, 0) is 32.6 Å². The first-order chi connectivity index (χ1) is 20.1. The third kappa shape index (κ3) is 7.31. The number of likely N-dealkylation sites (N-methyl/N-ethyl adjacent to an activating group) is 1. The smallest absolute Gasteiger partial charge is 0.264 e. The van der Waals surface area contributed by atoms with E-state index in [9.17, 15) is 18.0 Å². The van der Waals surface area contributed by atoms with Gasteiger partial charge in [-0.25, -0.2) is 8.42 Å². The summed E-state index contributed by atoms with van der Waals surface area (Å²) in [6.07, 6.45) is 0.224. The molecule has 1 N–H and O–H groups in total. The van der Waals surface area contributed by atoms with Crippen molar-refractivity contribution in [2.24, 2.45) is 0 Å². The van der Waals surface area contributed by atoms with Crippen molar-refractivity contribution in [2.75, 3.05) is 17.9 Å². The fourth-order valence-electron chi connectivity index (χ4n) is 4.54. The fourth-order valence-corrected chi connectivity index (χ4v) is 6.41. The van der Waals surface area contributed by atoms with E-state index in [0.717, 1.165) is 21.0 Å². The number of benzene rings is 4. The first-order valence-electron chi connectivity index (χ1n) is 13.2. The quantitative estimate of drug-likeness (QED) is 0.226. The monoisotopic (exact) mass is 623 g/mol. The van der Waals surface area contributed by atoms with Gasteiger partial charge in [-0.1, -0.05) is 108 Å². The molecule has 4 rings (SSSR count). The van der Waals surface area contributed by atoms with Crippen molar-refractivity contribution < 1.29 is 18.0 Å². The lowest BCUT2D eigenvalue weighted by Gasteiger charge is -2.33. The van der Waals surface area contributed by atoms with Crippen LogP contribution in [0.5, 0.6) is 0 Å². The highest BCUT2D eigenvalue weighted by molar-refractivity contribution is 7.92. The summed E-state index contributed by atoms with van der Waals surface area (Å²) in [6.45, 7) is 1.30. The van der Waals surface area contributed by atoms with Crippen LogP contribution in [0.1, 0.15) is 16.7 Å². The van der Waals surface area contributed by atoms with Gasteiger partial charge in [-0.3, -0.25) is 13.9 Å². The van der Waals surface area contributed by atoms with Gasteiger partial charge in [0.05, 0.1) is 20.6 Å². The first kappa shape index (κ1) is 31.1. The normalized spacial score (nSPS) is 11.9. The van der Waals surface area contributed by atoms with Crippen molar-refractivity contribution in [3.8, 4) is 0 Å². The maximum absolute atomic E-state index is 14.3. The van der Waals surface area contributed by atoms with E-state index in [1.807, 2.05) is 67.6 Å². The molecule has 0 bridgehead atoms. The minimum Gasteiger partial charge on any atom is -0.357 e. The van der Waals surface area contributed by atoms with E-state index >= 15 is 0 Å². The fraction of sp³-hybridized carbons (Fsp3) is 0.188. The summed E-state index contributed by atoms with van der Waals surface area (Å²) in [7, 11) is -2.77. The standard InChI is InChI=1S/C32H31Cl2N3O4S/c1-23-16-18-26(19-17-23)42(40,41)37(28-15-9-14-27(33)31(28)34)22-30(38)36(21-25-12-7-4-8-13-25)29(32(39)35-2)20-24-10-5-3-6-11-24/h3-19,29H,20-22H2,1-2H3,(H,35,39). The van der Waals surface area contributed by atoms with Gasteiger partial charge in [0.2, 0.25) is 11.8 Å². The van der Waals surface area contributed by atoms with Gasteiger partial charge in [-0.2, -0.15) is 0 Å². The Morgan fingerprint density at radius 1 is 0.810 bits per heavy atom. The molecule has 10 heteroatoms. The zero-order valence-corrected chi connectivity index (χ0v) is 25.5. The molecule has 0 radical (unpaired) electrons. The molecule has 1 unspecified atom stereocenters. The van der Waals surface area contributed by atoms with Crippen molar-refractivity contribution in [1.29, 1.82) is 0 Å². The molecule has 4 aromatic rings. The second-order valence-corrected chi connectivity index (χ2v) is 12.4. The maximum atomic E-state index is 14.3. The van der Waals surface area contributed by atoms with Crippen LogP contribution < -0.4 is 9.62 Å². The molecule has 0 saturated carbocycles. The molecule has 0 aliphatic carbocycles. The zero-order valence-electron chi connectivity index (χ0n) is 23.2. The van der Waals surface area contributed by atoms with Crippen LogP contribution in [-0.4, -0.2) is 44.8 Å². The van der Waals surface area contributed by atoms with Crippen LogP contribution in [0.4, 0.5) is 5.69 Å². The van der Waals surface area contributed by atoms with Crippen molar-refractivity contribution in [3.05, 3.63) is 130 Å². The topological polar surface area (TPSA) is 86.8 Å². The molecule has 0 aliphatic heterocycles. The van der Waals surface area contributed by atoms with E-state index in [-0.39, 0.29) is 39.5 Å². The number of halogens is 2. The predicted octanol–water partition coefficient (Wildman–Crippen LogP) is 5.88. The summed E-state index contributed by atoms with van der Waals surface area (Å²) >= 11 is 12.8. The molecule has 0 spiro atoms. The number of rotatable bonds is 11. The van der Waals surface area contributed by atoms with Gasteiger partial charge in [0.25, 0.3) is 10.0 Å². The lowest BCUT2D eigenvalue weighted by Crippen LogP contribution is -2.53. The van der Waals surface area contributed by atoms with Crippen molar-refractivity contribution >= 4 is 50.7 Å². The molecule has 0 aliphatic rings. The van der Waals surface area contributed by atoms with Gasteiger partial charge in [-0.15, -0.1) is 0 Å². The maximum Gasteiger partial charge on any atom is 0.264 e. The number of nitrogens with zero attached hydrogens (tertiary/aromatic N) is 2. The highest BCUT2D eigenvalue weighted by Gasteiger charge is 2.35. The largest absolute Gasteiger partial charge is 0.357 e. The number of hydrogen-bond donors (Lipinski definition) is 1. The van der Waals surface area contributed by atoms with Gasteiger partial charge in [-0.05, 0) is 42.3 Å². The highest BCUT2D eigenvalue weighted by atomic mass is 35.5. The molecule has 2 amide bonds. The molecule has 0 aromatic heterocycles. The molecule has 0 saturated heterocycles. The Bertz CT molecular complexity index is 1630. The molecular formula is C32H31Cl2N3O4S. The van der Waals surface area contributed by atoms with Gasteiger partial charge < -0.3 is 10.2 Å². The van der Waals surface area contributed by atoms with Gasteiger partial charge >= 0.3 is 0 Å². The summed E-state index contributed by atoms with van der Waals surface area (Å²) in [4.78, 5) is 29.0. The third-order valence-electron chi connectivity index (χ3n) is 6.80. The van der Waals surface area contributed by atoms with Gasteiger partial charge in [0, 0.05) is 20.0 Å². The Morgan fingerprint density at radius 2 is 1.40 bits per heavy atom. The predicted molar refractivity (Wildman–Crippen MR) is 167 cm³/mol. The number of anilines is 1. The van der Waals surface area contributed by atoms with Crippen LogP contribution in [0.15, 0.2) is 108 Å². The van der Waals surface area contributed by atoms with E-state index < -0.39 is 28.5 Å². The Kier molecular flexibility index (Phi) is 10.3. The minimum absolute atomic E-state index is 0.00982. The number of nitrogens with one attached hydrogen (secondary N) is 1. The van der Waals surface area contributed by atoms with Crippen molar-refractivity contribution in [2.45, 2.75) is 30.8 Å². The van der Waals surface area contributed by atoms with Crippen molar-refractivity contribution in [3.63, 3.8) is 0 Å². The van der Waals surface area contributed by atoms with E-state index in [4.69, 9.17) is 23.2 Å². The number of amides is 2. The summed E-state index contributed by atoms with van der Waals surface area (Å²) < 4.78 is 29.1. The van der Waals surface area contributed by atoms with Crippen LogP contribution >= 0.6 is 23.2 Å². The van der Waals surface area contributed by atoms with Crippen LogP contribution in [0.2, 0.25) is 10.0 Å². The van der Waals surface area contributed by atoms with Gasteiger partial charge in [0.1, 0.15) is 12.6 Å². The number of hydrogen-bond acceptors (Lipinski definition) is 4. The Morgan fingerprint density at radius 3 is 2.00 bits per heavy atom. The highest BCUT2D eigenvalue weighted by Crippen LogP contribution is 2.35. The Hall–Kier alpha value is -3.85. The molecule has 0 heterocycles. The second kappa shape index (κ2) is 13.9. The summed E-state index contributed by atoms with van der Waals surface area (Å²) in [5, 5.41) is 2.79. The average Bonchev–Trinajstić information content (AvgIpc) is 3.00. The molecule has 218 valence electrons. The van der Waals surface area contributed by atoms with Crippen molar-refractivity contribution in [1.82, 2.24) is 10.2 Å². The molecule has 4 aromatic carbocycles. The number of carbonyl (C=O) groups excluding carboxylic acids is 2. The van der Waals surface area contributed by atoms with Gasteiger partial charge in [0.15, 0.2) is 0 Å². The summed E-state index contributed by atoms with van der Waals surface area (Å²) in [5.41, 5.74) is 2.55. The summed E-state index contributed by atoms with van der Waals surface area (Å²) in [5.74, 6) is -0.966. The van der Waals surface area contributed by atoms with E-state index in [0.29, 0.717) is 0 Å². The molecule has 0 fully saturated rings.